The summed E-state index contributed by atoms with van der Waals surface area (Å²) in [7, 11) is 0. The number of esters is 1. The van der Waals surface area contributed by atoms with Crippen molar-refractivity contribution in [2.75, 3.05) is 39.3 Å². The third-order valence-corrected chi connectivity index (χ3v) is 15.8. The van der Waals surface area contributed by atoms with E-state index >= 15 is 0 Å². The minimum absolute atomic E-state index is 0.0690. The first-order valence-corrected chi connectivity index (χ1v) is 25.8. The predicted molar refractivity (Wildman–Crippen MR) is 267 cm³/mol. The lowest BCUT2D eigenvalue weighted by molar-refractivity contribution is -0.125. The summed E-state index contributed by atoms with van der Waals surface area (Å²) in [5.41, 5.74) is 5.64. The number of rotatable bonds is 13. The number of fused-ring (bicyclic) bond motifs is 6. The molecule has 76 heavy (non-hydrogen) atoms. The highest BCUT2D eigenvalue weighted by molar-refractivity contribution is 6.02. The number of nitrogens with one attached hydrogen (secondary N) is 12. The van der Waals surface area contributed by atoms with Gasteiger partial charge in [0.05, 0.1) is 41.8 Å². The molecule has 8 aliphatic rings. The summed E-state index contributed by atoms with van der Waals surface area (Å²) >= 11 is 0. The highest BCUT2D eigenvalue weighted by atomic mass is 16.6. The second-order valence-corrected chi connectivity index (χ2v) is 21.1. The highest BCUT2D eigenvalue weighted by Gasteiger charge is 2.54. The average molecular weight is 1050 g/mol. The first kappa shape index (κ1) is 50.7. The first-order chi connectivity index (χ1) is 36.6. The van der Waals surface area contributed by atoms with Gasteiger partial charge >= 0.3 is 5.97 Å². The molecular weight excluding hydrogens is 987 g/mol. The number of phenolic OH excluding ortho intramolecular Hbond substituents is 2. The molecule has 12 atom stereocenters. The van der Waals surface area contributed by atoms with Crippen molar-refractivity contribution in [3.8, 4) is 23.0 Å². The maximum atomic E-state index is 13.6. The van der Waals surface area contributed by atoms with Crippen LogP contribution in [0.2, 0.25) is 0 Å². The number of amides is 7. The number of hydrogen-bond acceptors (Lipinski definition) is 18. The minimum Gasteiger partial charge on any atom is -0.508 e. The Labute approximate surface area is 435 Å². The van der Waals surface area contributed by atoms with Gasteiger partial charge in [-0.15, -0.1) is 0 Å². The van der Waals surface area contributed by atoms with Crippen molar-refractivity contribution in [1.82, 2.24) is 63.8 Å². The van der Waals surface area contributed by atoms with Gasteiger partial charge in [0.25, 0.3) is 5.91 Å². The SMILES string of the molecule is NC(=O)[C@@H]1C[C@H](NC(=O)[C@@H]2C[C@H](NC(=O)[C@@H]3C[C@H](NC(=O)[C@@H]4C[C@H](NC(=O)[C@@H]5C[C@H](NC(=O)[C@@H]6C[C@H](NC(=O)c7ccc8c(c7)C(=O)OC87c8ccc(O)cc8Oc8cc(O)ccc87)CN6)CN5)CN4)CN3)CN2)CN1. The van der Waals surface area contributed by atoms with Crippen molar-refractivity contribution in [1.29, 1.82) is 0 Å². The number of carbonyl (C=O) groups excluding carboxylic acids is 8. The van der Waals surface area contributed by atoms with Crippen molar-refractivity contribution in [3.05, 3.63) is 82.4 Å². The van der Waals surface area contributed by atoms with Gasteiger partial charge in [0.2, 0.25) is 35.4 Å². The van der Waals surface area contributed by atoms with Gasteiger partial charge in [0.1, 0.15) is 23.0 Å². The minimum atomic E-state index is -1.47. The molecule has 0 aliphatic carbocycles. The predicted octanol–water partition coefficient (Wildman–Crippen LogP) is -4.16. The number of ether oxygens (including phenoxy) is 2. The Kier molecular flexibility index (Phi) is 13.8. The molecule has 0 saturated carbocycles. The smallest absolute Gasteiger partial charge is 0.340 e. The maximum Gasteiger partial charge on any atom is 0.340 e. The fourth-order valence-electron chi connectivity index (χ4n) is 11.9. The lowest BCUT2D eigenvalue weighted by Crippen LogP contribution is -2.47. The molecule has 0 aromatic heterocycles. The molecule has 25 nitrogen and oxygen atoms in total. The second kappa shape index (κ2) is 20.6. The summed E-state index contributed by atoms with van der Waals surface area (Å²) in [6, 6.07) is 8.62. The molecule has 11 rings (SSSR count). The third-order valence-electron chi connectivity index (χ3n) is 15.8. The van der Waals surface area contributed by atoms with E-state index in [1.165, 1.54) is 30.3 Å². The van der Waals surface area contributed by atoms with E-state index in [9.17, 15) is 48.6 Å². The molecule has 25 heteroatoms. The lowest BCUT2D eigenvalue weighted by atomic mass is 9.77. The maximum absolute atomic E-state index is 13.6. The standard InChI is InChI=1S/C51H61N13O12/c52-43(67)35-8-23(16-53-35)60-45(69)37-10-25(18-55-37)62-47(71)39-12-27(20-57-39)64-49(73)40-13-28(21-58-40)63-48(72)38-11-26(19-56-38)61-46(70)36-9-24(17-54-36)59-44(68)22-1-4-32-31(7-22)50(74)76-51(32)33-5-2-29(65)14-41(33)75-42-15-30(66)3-6-34(42)51/h1-7,14-15,23-28,35-40,53-58,65-66H,8-13,16-21H2,(H2,52,67)(H,59,68)(H,60,69)(H,61,70)(H,62,71)(H,63,72)(H,64,73)/t23-,24-,25-,26-,27-,28-,35-,36-,37-,38-,39-,40-/m0/s1. The molecule has 6 saturated heterocycles. The number of nitrogens with two attached hydrogens (primary N) is 1. The first-order valence-electron chi connectivity index (χ1n) is 25.8. The van der Waals surface area contributed by atoms with Gasteiger partial charge in [-0.2, -0.15) is 0 Å². The summed E-state index contributed by atoms with van der Waals surface area (Å²) < 4.78 is 12.1. The number of benzene rings is 3. The number of carbonyl (C=O) groups is 8. The molecular formula is C51H61N13O12. The highest BCUT2D eigenvalue weighted by Crippen LogP contribution is 2.57. The number of hydrogen-bond donors (Lipinski definition) is 15. The van der Waals surface area contributed by atoms with E-state index in [0.717, 1.165) is 0 Å². The van der Waals surface area contributed by atoms with Crippen molar-refractivity contribution in [2.24, 2.45) is 5.73 Å². The van der Waals surface area contributed by atoms with Crippen molar-refractivity contribution in [3.63, 3.8) is 0 Å². The van der Waals surface area contributed by atoms with Crippen LogP contribution in [0.3, 0.4) is 0 Å². The van der Waals surface area contributed by atoms with Gasteiger partial charge < -0.3 is 89.2 Å². The molecule has 7 amide bonds. The number of phenols is 2. The van der Waals surface area contributed by atoms with Crippen LogP contribution in [0.25, 0.3) is 0 Å². The zero-order valence-electron chi connectivity index (χ0n) is 41.2. The van der Waals surface area contributed by atoms with Crippen molar-refractivity contribution in [2.45, 2.75) is 117 Å². The Morgan fingerprint density at radius 2 is 0.816 bits per heavy atom. The van der Waals surface area contributed by atoms with Crippen molar-refractivity contribution < 1.29 is 58.0 Å². The summed E-state index contributed by atoms with van der Waals surface area (Å²) in [5.74, 6) is -2.40. The quantitative estimate of drug-likeness (QED) is 0.0723. The van der Waals surface area contributed by atoms with Gasteiger partial charge in [0, 0.05) is 110 Å². The second-order valence-electron chi connectivity index (χ2n) is 21.1. The van der Waals surface area contributed by atoms with E-state index in [-0.39, 0.29) is 93.9 Å². The zero-order chi connectivity index (χ0) is 53.0. The van der Waals surface area contributed by atoms with Gasteiger partial charge in [0.15, 0.2) is 5.60 Å². The average Bonchev–Trinajstić information content (AvgIpc) is 4.31. The van der Waals surface area contributed by atoms with E-state index in [1.807, 2.05) is 0 Å². The zero-order valence-corrected chi connectivity index (χ0v) is 41.2. The van der Waals surface area contributed by atoms with Crippen LogP contribution in [0, 0.1) is 0 Å². The summed E-state index contributed by atoms with van der Waals surface area (Å²) in [5, 5.41) is 57.3. The van der Waals surface area contributed by atoms with Crippen LogP contribution in [0.4, 0.5) is 0 Å². The van der Waals surface area contributed by atoms with Gasteiger partial charge in [-0.05, 0) is 74.9 Å². The molecule has 3 aromatic rings. The topological polar surface area (TPSA) is 366 Å². The third kappa shape index (κ3) is 10.1. The van der Waals surface area contributed by atoms with E-state index in [2.05, 4.69) is 63.8 Å². The molecule has 0 bridgehead atoms. The lowest BCUT2D eigenvalue weighted by Gasteiger charge is -2.36. The number of aromatic hydroxyl groups is 2. The Bertz CT molecular complexity index is 2840. The van der Waals surface area contributed by atoms with Crippen LogP contribution in [0.1, 0.15) is 75.9 Å². The largest absolute Gasteiger partial charge is 0.508 e. The van der Waals surface area contributed by atoms with E-state index < -0.39 is 65.7 Å². The Balaban J connectivity index is 0.592. The molecule has 16 N–H and O–H groups in total. The molecule has 0 unspecified atom stereocenters. The Hall–Kier alpha value is -7.42. The summed E-state index contributed by atoms with van der Waals surface area (Å²) in [4.78, 5) is 105. The van der Waals surface area contributed by atoms with Crippen molar-refractivity contribution >= 4 is 47.3 Å². The molecule has 8 heterocycles. The number of primary amides is 1. The van der Waals surface area contributed by atoms with Crippen LogP contribution in [0.5, 0.6) is 23.0 Å². The van der Waals surface area contributed by atoms with E-state index in [4.69, 9.17) is 15.2 Å². The van der Waals surface area contributed by atoms with Gasteiger partial charge in [-0.25, -0.2) is 4.79 Å². The monoisotopic (exact) mass is 1050 g/mol. The molecule has 3 aromatic carbocycles. The molecule has 6 fully saturated rings. The van der Waals surface area contributed by atoms with Crippen LogP contribution in [-0.2, 0) is 39.1 Å². The fraction of sp³-hybridized carbons (Fsp3) is 0.490. The molecule has 0 radical (unpaired) electrons. The Morgan fingerprint density at radius 1 is 0.474 bits per heavy atom. The normalized spacial score (nSPS) is 30.6. The van der Waals surface area contributed by atoms with Crippen LogP contribution in [-0.4, -0.2) is 169 Å². The van der Waals surface area contributed by atoms with Gasteiger partial charge in [-0.3, -0.25) is 33.6 Å². The van der Waals surface area contributed by atoms with Gasteiger partial charge in [-0.1, -0.05) is 6.07 Å². The molecule has 402 valence electrons. The molecule has 1 spiro atoms. The van der Waals surface area contributed by atoms with E-state index in [0.29, 0.717) is 94.5 Å². The fourth-order valence-corrected chi connectivity index (χ4v) is 11.9. The molecule has 8 aliphatic heterocycles. The van der Waals surface area contributed by atoms with Crippen LogP contribution in [0.15, 0.2) is 54.6 Å². The van der Waals surface area contributed by atoms with Crippen LogP contribution >= 0.6 is 0 Å². The van der Waals surface area contributed by atoms with Crippen LogP contribution < -0.4 is 74.3 Å². The van der Waals surface area contributed by atoms with E-state index in [1.54, 1.807) is 24.3 Å². The summed E-state index contributed by atoms with van der Waals surface area (Å²) in [6.07, 6.45) is 2.23. The summed E-state index contributed by atoms with van der Waals surface area (Å²) in [6.45, 7) is 2.34. The Morgan fingerprint density at radius 3 is 1.18 bits per heavy atom.